The van der Waals surface area contributed by atoms with Crippen LogP contribution in [0.25, 0.3) is 10.4 Å². The smallest absolute Gasteiger partial charge is 0.112 e. The van der Waals surface area contributed by atoms with Gasteiger partial charge in [-0.25, -0.2) is 0 Å². The number of anilines is 2. The van der Waals surface area contributed by atoms with Crippen LogP contribution in [0.1, 0.15) is 24.8 Å². The molecule has 1 saturated heterocycles. The van der Waals surface area contributed by atoms with Gasteiger partial charge in [-0.2, -0.15) is 5.26 Å². The third-order valence-electron chi connectivity index (χ3n) is 3.72. The molecule has 0 bridgehead atoms. The summed E-state index contributed by atoms with van der Waals surface area (Å²) in [6.07, 6.45) is 3.68. The molecule has 0 radical (unpaired) electrons. The van der Waals surface area contributed by atoms with Crippen molar-refractivity contribution in [3.05, 3.63) is 35.9 Å². The molecule has 20 heavy (non-hydrogen) atoms. The average Bonchev–Trinajstić information content (AvgIpc) is 2.86. The quantitative estimate of drug-likeness (QED) is 0.910. The van der Waals surface area contributed by atoms with Crippen LogP contribution in [-0.4, -0.2) is 13.1 Å². The lowest BCUT2D eigenvalue weighted by atomic mass is 10.1. The van der Waals surface area contributed by atoms with Crippen molar-refractivity contribution in [3.8, 4) is 16.5 Å². The summed E-state index contributed by atoms with van der Waals surface area (Å²) in [5.41, 5.74) is 8.58. The molecular formula is C16H17N3S. The van der Waals surface area contributed by atoms with Crippen LogP contribution in [0.2, 0.25) is 0 Å². The molecule has 2 aromatic rings. The second-order valence-electron chi connectivity index (χ2n) is 5.05. The van der Waals surface area contributed by atoms with E-state index in [1.807, 2.05) is 30.3 Å². The lowest BCUT2D eigenvalue weighted by molar-refractivity contribution is 0.580. The normalized spacial score (nSPS) is 15.1. The molecule has 0 unspecified atom stereocenters. The fourth-order valence-electron chi connectivity index (χ4n) is 2.66. The molecule has 0 atom stereocenters. The van der Waals surface area contributed by atoms with Gasteiger partial charge < -0.3 is 10.6 Å². The highest BCUT2D eigenvalue weighted by atomic mass is 32.1. The maximum Gasteiger partial charge on any atom is 0.112 e. The second-order valence-corrected chi connectivity index (χ2v) is 6.05. The molecule has 1 aliphatic heterocycles. The zero-order valence-corrected chi connectivity index (χ0v) is 12.1. The predicted octanol–water partition coefficient (Wildman–Crippen LogP) is 3.86. The number of nitriles is 1. The second kappa shape index (κ2) is 5.56. The molecule has 2 N–H and O–H groups in total. The first kappa shape index (κ1) is 13.0. The van der Waals surface area contributed by atoms with E-state index in [9.17, 15) is 5.26 Å². The molecule has 0 amide bonds. The summed E-state index contributed by atoms with van der Waals surface area (Å²) in [5.74, 6) is 0. The van der Waals surface area contributed by atoms with Crippen LogP contribution < -0.4 is 10.6 Å². The van der Waals surface area contributed by atoms with Crippen molar-refractivity contribution < 1.29 is 0 Å². The van der Waals surface area contributed by atoms with Crippen LogP contribution in [0.5, 0.6) is 0 Å². The summed E-state index contributed by atoms with van der Waals surface area (Å²) < 4.78 is 0. The lowest BCUT2D eigenvalue weighted by Gasteiger charge is -2.27. The summed E-state index contributed by atoms with van der Waals surface area (Å²) in [6.45, 7) is 2.06. The first-order chi connectivity index (χ1) is 9.81. The summed E-state index contributed by atoms with van der Waals surface area (Å²) in [6, 6.07) is 12.4. The first-order valence-electron chi connectivity index (χ1n) is 6.94. The van der Waals surface area contributed by atoms with Crippen LogP contribution in [0.3, 0.4) is 0 Å². The minimum absolute atomic E-state index is 0.629. The van der Waals surface area contributed by atoms with Gasteiger partial charge in [0.1, 0.15) is 16.6 Å². The third-order valence-corrected chi connectivity index (χ3v) is 5.03. The van der Waals surface area contributed by atoms with Crippen molar-refractivity contribution in [1.82, 2.24) is 0 Å². The van der Waals surface area contributed by atoms with Crippen molar-refractivity contribution >= 4 is 22.0 Å². The van der Waals surface area contributed by atoms with Crippen LogP contribution in [0.15, 0.2) is 30.3 Å². The van der Waals surface area contributed by atoms with Crippen molar-refractivity contribution in [2.45, 2.75) is 19.3 Å². The van der Waals surface area contributed by atoms with E-state index in [1.165, 1.54) is 19.3 Å². The molecular weight excluding hydrogens is 266 g/mol. The molecule has 4 heteroatoms. The molecule has 0 spiro atoms. The maximum absolute atomic E-state index is 9.44. The topological polar surface area (TPSA) is 53.0 Å². The van der Waals surface area contributed by atoms with Gasteiger partial charge in [-0.15, -0.1) is 11.3 Å². The van der Waals surface area contributed by atoms with E-state index in [2.05, 4.69) is 11.0 Å². The Hall–Kier alpha value is -1.99. The minimum atomic E-state index is 0.629. The maximum atomic E-state index is 9.44. The van der Waals surface area contributed by atoms with Gasteiger partial charge in [-0.1, -0.05) is 30.3 Å². The van der Waals surface area contributed by atoms with Gasteiger partial charge in [0.15, 0.2) is 0 Å². The number of nitrogens with two attached hydrogens (primary N) is 1. The number of thiophene rings is 1. The standard InChI is InChI=1S/C16H17N3S/c17-11-13-14(18)15(12-7-3-1-4-8-12)20-16(13)19-9-5-2-6-10-19/h1,3-4,7-8H,2,5-6,9-10,18H2. The predicted molar refractivity (Wildman–Crippen MR) is 84.9 cm³/mol. The molecule has 1 fully saturated rings. The zero-order chi connectivity index (χ0) is 13.9. The zero-order valence-electron chi connectivity index (χ0n) is 11.3. The first-order valence-corrected chi connectivity index (χ1v) is 7.75. The molecule has 1 aromatic carbocycles. The van der Waals surface area contributed by atoms with Gasteiger partial charge in [0, 0.05) is 13.1 Å². The molecule has 0 aliphatic carbocycles. The highest BCUT2D eigenvalue weighted by Crippen LogP contribution is 2.44. The Labute approximate surface area is 123 Å². The fraction of sp³-hybridized carbons (Fsp3) is 0.312. The van der Waals surface area contributed by atoms with Gasteiger partial charge >= 0.3 is 0 Å². The van der Waals surface area contributed by atoms with E-state index >= 15 is 0 Å². The number of benzene rings is 1. The molecule has 2 heterocycles. The van der Waals surface area contributed by atoms with E-state index in [0.717, 1.165) is 28.5 Å². The van der Waals surface area contributed by atoms with Gasteiger partial charge in [-0.3, -0.25) is 0 Å². The number of nitrogens with zero attached hydrogens (tertiary/aromatic N) is 2. The van der Waals surface area contributed by atoms with Crippen LogP contribution in [0, 0.1) is 11.3 Å². The Kier molecular flexibility index (Phi) is 3.62. The average molecular weight is 283 g/mol. The molecule has 1 aliphatic rings. The third kappa shape index (κ3) is 2.25. The van der Waals surface area contributed by atoms with Crippen LogP contribution in [0.4, 0.5) is 10.7 Å². The number of nitrogen functional groups attached to an aromatic ring is 1. The van der Waals surface area contributed by atoms with E-state index in [1.54, 1.807) is 11.3 Å². The lowest BCUT2D eigenvalue weighted by Crippen LogP contribution is -2.29. The Balaban J connectivity index is 2.05. The number of hydrogen-bond donors (Lipinski definition) is 1. The molecule has 102 valence electrons. The Morgan fingerprint density at radius 2 is 1.80 bits per heavy atom. The van der Waals surface area contributed by atoms with Gasteiger partial charge in [0.05, 0.1) is 10.6 Å². The van der Waals surface area contributed by atoms with Crippen molar-refractivity contribution in [3.63, 3.8) is 0 Å². The van der Waals surface area contributed by atoms with Gasteiger partial charge in [0.2, 0.25) is 0 Å². The van der Waals surface area contributed by atoms with Crippen molar-refractivity contribution in [1.29, 1.82) is 5.26 Å². The SMILES string of the molecule is N#Cc1c(N2CCCCC2)sc(-c2ccccc2)c1N. The van der Waals surface area contributed by atoms with Crippen LogP contribution in [-0.2, 0) is 0 Å². The van der Waals surface area contributed by atoms with Gasteiger partial charge in [0.25, 0.3) is 0 Å². The largest absolute Gasteiger partial charge is 0.396 e. The number of hydrogen-bond acceptors (Lipinski definition) is 4. The summed E-state index contributed by atoms with van der Waals surface area (Å²) in [7, 11) is 0. The Morgan fingerprint density at radius 3 is 2.45 bits per heavy atom. The fourth-order valence-corrected chi connectivity index (χ4v) is 3.89. The molecule has 0 saturated carbocycles. The van der Waals surface area contributed by atoms with E-state index in [-0.39, 0.29) is 0 Å². The van der Waals surface area contributed by atoms with E-state index in [0.29, 0.717) is 11.3 Å². The summed E-state index contributed by atoms with van der Waals surface area (Å²) in [4.78, 5) is 3.33. The van der Waals surface area contributed by atoms with Crippen molar-refractivity contribution in [2.75, 3.05) is 23.7 Å². The monoisotopic (exact) mass is 283 g/mol. The minimum Gasteiger partial charge on any atom is -0.396 e. The Morgan fingerprint density at radius 1 is 1.10 bits per heavy atom. The van der Waals surface area contributed by atoms with Crippen molar-refractivity contribution in [2.24, 2.45) is 0 Å². The summed E-state index contributed by atoms with van der Waals surface area (Å²) in [5, 5.41) is 10.5. The highest BCUT2D eigenvalue weighted by Gasteiger charge is 2.22. The number of piperidine rings is 1. The van der Waals surface area contributed by atoms with E-state index in [4.69, 9.17) is 5.73 Å². The van der Waals surface area contributed by atoms with Crippen LogP contribution >= 0.6 is 11.3 Å². The summed E-state index contributed by atoms with van der Waals surface area (Å²) >= 11 is 1.65. The highest BCUT2D eigenvalue weighted by molar-refractivity contribution is 7.20. The van der Waals surface area contributed by atoms with Gasteiger partial charge in [-0.05, 0) is 24.8 Å². The Bertz CT molecular complexity index is 634. The van der Waals surface area contributed by atoms with E-state index < -0.39 is 0 Å². The number of rotatable bonds is 2. The molecule has 3 nitrogen and oxygen atoms in total. The molecule has 3 rings (SSSR count). The molecule has 1 aromatic heterocycles.